The molecule has 21 heavy (non-hydrogen) atoms. The first kappa shape index (κ1) is 15.9. The summed E-state index contributed by atoms with van der Waals surface area (Å²) in [5.74, 6) is -0.941. The normalized spacial score (nSPS) is 11.7. The maximum Gasteiger partial charge on any atom is 0.303 e. The van der Waals surface area contributed by atoms with Crippen molar-refractivity contribution in [2.75, 3.05) is 6.54 Å². The monoisotopic (exact) mass is 371 g/mol. The number of carbonyl (C=O) groups is 1. The van der Waals surface area contributed by atoms with Crippen molar-refractivity contribution < 1.29 is 18.3 Å². The maximum atomic E-state index is 12.3. The van der Waals surface area contributed by atoms with E-state index in [4.69, 9.17) is 5.11 Å². The Morgan fingerprint density at radius 1 is 1.14 bits per heavy atom. The fourth-order valence-electron chi connectivity index (χ4n) is 1.99. The molecule has 0 spiro atoms. The Balaban J connectivity index is 2.28. The molecule has 2 N–H and O–H groups in total. The fourth-order valence-corrected chi connectivity index (χ4v) is 3.75. The molecular formula is C14H14BrNO4S. The molecule has 0 fully saturated rings. The molecule has 0 unspecified atom stereocenters. The molecule has 2 rings (SSSR count). The summed E-state index contributed by atoms with van der Waals surface area (Å²) >= 11 is 3.40. The highest BCUT2D eigenvalue weighted by atomic mass is 79.9. The second-order valence-corrected chi connectivity index (χ2v) is 7.08. The highest BCUT2D eigenvalue weighted by molar-refractivity contribution is 9.10. The average molecular weight is 372 g/mol. The van der Waals surface area contributed by atoms with Crippen molar-refractivity contribution in [2.45, 2.75) is 17.7 Å². The molecule has 0 aliphatic heterocycles. The van der Waals surface area contributed by atoms with Gasteiger partial charge in [0.2, 0.25) is 10.0 Å². The van der Waals surface area contributed by atoms with E-state index >= 15 is 0 Å². The van der Waals surface area contributed by atoms with Crippen molar-refractivity contribution >= 4 is 42.7 Å². The first-order chi connectivity index (χ1) is 9.92. The zero-order valence-electron chi connectivity index (χ0n) is 11.0. The molecule has 0 atom stereocenters. The van der Waals surface area contributed by atoms with Crippen LogP contribution in [0.2, 0.25) is 0 Å². The second-order valence-electron chi connectivity index (χ2n) is 4.49. The molecule has 0 bridgehead atoms. The number of rotatable bonds is 6. The average Bonchev–Trinajstić information content (AvgIpc) is 2.44. The van der Waals surface area contributed by atoms with Crippen molar-refractivity contribution in [1.29, 1.82) is 0 Å². The SMILES string of the molecule is O=C(O)CCCNS(=O)(=O)c1ccc(Br)c2ccccc12. The van der Waals surface area contributed by atoms with E-state index in [-0.39, 0.29) is 24.3 Å². The van der Waals surface area contributed by atoms with Gasteiger partial charge in [-0.2, -0.15) is 0 Å². The van der Waals surface area contributed by atoms with Crippen LogP contribution in [0.5, 0.6) is 0 Å². The van der Waals surface area contributed by atoms with Crippen molar-refractivity contribution in [1.82, 2.24) is 4.72 Å². The van der Waals surface area contributed by atoms with Gasteiger partial charge in [-0.3, -0.25) is 4.79 Å². The van der Waals surface area contributed by atoms with Gasteiger partial charge in [-0.15, -0.1) is 0 Å². The predicted octanol–water partition coefficient (Wildman–Crippen LogP) is 2.75. The number of sulfonamides is 1. The smallest absolute Gasteiger partial charge is 0.303 e. The van der Waals surface area contributed by atoms with Crippen LogP contribution in [0.25, 0.3) is 10.8 Å². The highest BCUT2D eigenvalue weighted by Crippen LogP contribution is 2.29. The molecule has 7 heteroatoms. The third-order valence-electron chi connectivity index (χ3n) is 2.98. The van der Waals surface area contributed by atoms with Gasteiger partial charge in [0.15, 0.2) is 0 Å². The van der Waals surface area contributed by atoms with E-state index in [0.717, 1.165) is 9.86 Å². The lowest BCUT2D eigenvalue weighted by molar-refractivity contribution is -0.137. The van der Waals surface area contributed by atoms with Crippen molar-refractivity contribution in [2.24, 2.45) is 0 Å². The zero-order valence-corrected chi connectivity index (χ0v) is 13.4. The molecule has 0 saturated carbocycles. The van der Waals surface area contributed by atoms with Crippen LogP contribution in [0.4, 0.5) is 0 Å². The lowest BCUT2D eigenvalue weighted by Gasteiger charge is -2.10. The van der Waals surface area contributed by atoms with Crippen molar-refractivity contribution in [3.8, 4) is 0 Å². The minimum Gasteiger partial charge on any atom is -0.481 e. The molecule has 5 nitrogen and oxygen atoms in total. The summed E-state index contributed by atoms with van der Waals surface area (Å²) in [6.07, 6.45) is 0.187. The molecule has 2 aromatic rings. The largest absolute Gasteiger partial charge is 0.481 e. The number of hydrogen-bond donors (Lipinski definition) is 2. The molecule has 112 valence electrons. The number of hydrogen-bond acceptors (Lipinski definition) is 3. The predicted molar refractivity (Wildman–Crippen MR) is 83.7 cm³/mol. The van der Waals surface area contributed by atoms with Crippen LogP contribution < -0.4 is 4.72 Å². The second kappa shape index (κ2) is 6.55. The summed E-state index contributed by atoms with van der Waals surface area (Å²) in [7, 11) is -3.67. The van der Waals surface area contributed by atoms with Crippen LogP contribution in [0.15, 0.2) is 45.8 Å². The highest BCUT2D eigenvalue weighted by Gasteiger charge is 2.17. The van der Waals surface area contributed by atoms with Gasteiger partial charge in [-0.05, 0) is 23.9 Å². The fraction of sp³-hybridized carbons (Fsp3) is 0.214. The van der Waals surface area contributed by atoms with Gasteiger partial charge >= 0.3 is 5.97 Å². The van der Waals surface area contributed by atoms with Gasteiger partial charge in [0.25, 0.3) is 0 Å². The Kier molecular flexibility index (Phi) is 4.97. The van der Waals surface area contributed by atoms with Gasteiger partial charge in [0.05, 0.1) is 4.90 Å². The number of fused-ring (bicyclic) bond motifs is 1. The summed E-state index contributed by atoms with van der Waals surface area (Å²) in [6.45, 7) is 0.0963. The number of halogens is 1. The Morgan fingerprint density at radius 3 is 2.48 bits per heavy atom. The van der Waals surface area contributed by atoms with Crippen LogP contribution in [-0.2, 0) is 14.8 Å². The number of carboxylic acid groups (broad SMARTS) is 1. The molecule has 0 aromatic heterocycles. The summed E-state index contributed by atoms with van der Waals surface area (Å²) < 4.78 is 27.9. The molecule has 0 radical (unpaired) electrons. The minimum absolute atomic E-state index is 0.0659. The minimum atomic E-state index is -3.67. The van der Waals surface area contributed by atoms with Gasteiger partial charge in [-0.25, -0.2) is 13.1 Å². The van der Waals surface area contributed by atoms with E-state index in [2.05, 4.69) is 20.7 Å². The Bertz CT molecular complexity index is 774. The van der Waals surface area contributed by atoms with Gasteiger partial charge in [-0.1, -0.05) is 40.2 Å². The Morgan fingerprint density at radius 2 is 1.81 bits per heavy atom. The van der Waals surface area contributed by atoms with Gasteiger partial charge < -0.3 is 5.11 Å². The van der Waals surface area contributed by atoms with Crippen LogP contribution in [0.1, 0.15) is 12.8 Å². The van der Waals surface area contributed by atoms with Gasteiger partial charge in [0.1, 0.15) is 0 Å². The van der Waals surface area contributed by atoms with E-state index in [0.29, 0.717) is 5.39 Å². The topological polar surface area (TPSA) is 83.5 Å². The maximum absolute atomic E-state index is 12.3. The number of carboxylic acids is 1. The lowest BCUT2D eigenvalue weighted by Crippen LogP contribution is -2.25. The van der Waals surface area contributed by atoms with Crippen LogP contribution in [0, 0.1) is 0 Å². The van der Waals surface area contributed by atoms with E-state index < -0.39 is 16.0 Å². The van der Waals surface area contributed by atoms with E-state index in [1.54, 1.807) is 18.2 Å². The lowest BCUT2D eigenvalue weighted by atomic mass is 10.1. The first-order valence-electron chi connectivity index (χ1n) is 6.30. The summed E-state index contributed by atoms with van der Waals surface area (Å²) in [5, 5.41) is 9.98. The molecule has 2 aromatic carbocycles. The summed E-state index contributed by atoms with van der Waals surface area (Å²) in [6, 6.07) is 10.4. The van der Waals surface area contributed by atoms with E-state index in [1.807, 2.05) is 12.1 Å². The van der Waals surface area contributed by atoms with Crippen molar-refractivity contribution in [3.63, 3.8) is 0 Å². The molecular weight excluding hydrogens is 358 g/mol. The number of benzene rings is 2. The summed E-state index contributed by atoms with van der Waals surface area (Å²) in [4.78, 5) is 10.6. The number of nitrogens with one attached hydrogen (secondary N) is 1. The molecule has 0 aliphatic carbocycles. The number of aliphatic carboxylic acids is 1. The van der Waals surface area contributed by atoms with Crippen LogP contribution >= 0.6 is 15.9 Å². The third kappa shape index (κ3) is 3.81. The van der Waals surface area contributed by atoms with Crippen LogP contribution in [0.3, 0.4) is 0 Å². The van der Waals surface area contributed by atoms with E-state index in [1.165, 1.54) is 6.07 Å². The Hall–Kier alpha value is -1.44. The van der Waals surface area contributed by atoms with E-state index in [9.17, 15) is 13.2 Å². The van der Waals surface area contributed by atoms with Gasteiger partial charge in [0, 0.05) is 22.8 Å². The molecule has 0 saturated heterocycles. The Labute approximate surface area is 131 Å². The molecule has 0 heterocycles. The third-order valence-corrected chi connectivity index (χ3v) is 5.19. The van der Waals surface area contributed by atoms with Crippen molar-refractivity contribution in [3.05, 3.63) is 40.9 Å². The quantitative estimate of drug-likeness (QED) is 0.764. The summed E-state index contributed by atoms with van der Waals surface area (Å²) in [5.41, 5.74) is 0. The zero-order chi connectivity index (χ0) is 15.5. The molecule has 0 amide bonds. The first-order valence-corrected chi connectivity index (χ1v) is 8.58. The molecule has 0 aliphatic rings. The standard InChI is InChI=1S/C14H14BrNO4S/c15-12-7-8-13(11-5-2-1-4-10(11)12)21(19,20)16-9-3-6-14(17)18/h1-2,4-5,7-8,16H,3,6,9H2,(H,17,18). The van der Waals surface area contributed by atoms with Crippen LogP contribution in [-0.4, -0.2) is 26.0 Å².